The lowest BCUT2D eigenvalue weighted by molar-refractivity contribution is -0.866. The Balaban J connectivity index is 0. The Morgan fingerprint density at radius 1 is 0.900 bits per heavy atom. The molecule has 20 heavy (non-hydrogen) atoms. The summed E-state index contributed by atoms with van der Waals surface area (Å²) in [6.45, 7) is 5.61. The second kappa shape index (κ2) is 11.6. The predicted molar refractivity (Wildman–Crippen MR) is 62.8 cm³/mol. The maximum absolute atomic E-state index is 10.5. The number of rotatable bonds is 0. The summed E-state index contributed by atoms with van der Waals surface area (Å²) in [5.41, 5.74) is 0. The minimum absolute atomic E-state index is 0. The standard InChI is InChI=1S/2C5H11N.C2HF3O2.HI/c2*1-6-4-2-3-5-6;3-2(4,5)1(6)7;/h2*2-5H2,1H3;(H,6,7);1H. The first kappa shape index (κ1) is 22.2. The van der Waals surface area contributed by atoms with Gasteiger partial charge in [0, 0.05) is 25.7 Å². The Kier molecular flexibility index (Phi) is 12.8. The smallest absolute Gasteiger partial charge is 0.430 e. The van der Waals surface area contributed by atoms with Crippen LogP contribution < -0.4 is 38.9 Å². The van der Waals surface area contributed by atoms with E-state index in [0.29, 0.717) is 0 Å². The Morgan fingerprint density at radius 2 is 1.10 bits per heavy atom. The third-order valence-electron chi connectivity index (χ3n) is 3.15. The molecule has 0 atom stereocenters. The van der Waals surface area contributed by atoms with Crippen LogP contribution in [-0.4, -0.2) is 52.4 Å². The van der Waals surface area contributed by atoms with Gasteiger partial charge in [0.05, 0.1) is 40.3 Å². The van der Waals surface area contributed by atoms with Crippen LogP contribution in [0.4, 0.5) is 13.2 Å². The van der Waals surface area contributed by atoms with Gasteiger partial charge in [0.2, 0.25) is 0 Å². The van der Waals surface area contributed by atoms with Crippen LogP contribution in [0.3, 0.4) is 0 Å². The van der Waals surface area contributed by atoms with Gasteiger partial charge in [0.1, 0.15) is 5.97 Å². The zero-order chi connectivity index (χ0) is 14.9. The maximum Gasteiger partial charge on any atom is 0.430 e. The number of carboxylic acid groups (broad SMARTS) is 1. The molecule has 0 unspecified atom stereocenters. The second-order valence-electron chi connectivity index (χ2n) is 5.11. The number of alkyl halides is 3. The third-order valence-corrected chi connectivity index (χ3v) is 3.15. The number of likely N-dealkylation sites (tertiary alicyclic amines) is 2. The van der Waals surface area contributed by atoms with E-state index >= 15 is 0 Å². The summed E-state index contributed by atoms with van der Waals surface area (Å²) in [6, 6.07) is 0. The fourth-order valence-electron chi connectivity index (χ4n) is 1.96. The van der Waals surface area contributed by atoms with E-state index in [0.717, 1.165) is 0 Å². The van der Waals surface area contributed by atoms with E-state index in [1.165, 1.54) is 51.9 Å². The Bertz CT molecular complexity index is 240. The van der Waals surface area contributed by atoms with Crippen LogP contribution >= 0.6 is 0 Å². The van der Waals surface area contributed by atoms with Crippen LogP contribution in [0.5, 0.6) is 0 Å². The van der Waals surface area contributed by atoms with Gasteiger partial charge in [-0.25, -0.2) is 0 Å². The van der Waals surface area contributed by atoms with Crippen molar-refractivity contribution in [2.24, 2.45) is 0 Å². The lowest BCUT2D eigenvalue weighted by Gasteiger charge is -2.03. The van der Waals surface area contributed by atoms with Gasteiger partial charge in [-0.05, 0) is 0 Å². The van der Waals surface area contributed by atoms with E-state index in [9.17, 15) is 13.2 Å². The van der Waals surface area contributed by atoms with E-state index in [4.69, 9.17) is 9.90 Å². The number of hydrogen-bond acceptors (Lipinski definition) is 2. The lowest BCUT2D eigenvalue weighted by atomic mass is 10.4. The number of carbonyl (C=O) groups excluding carboxylic acids is 1. The summed E-state index contributed by atoms with van der Waals surface area (Å²) in [5.74, 6) is -3.01. The van der Waals surface area contributed by atoms with Crippen molar-refractivity contribution < 1.29 is 56.8 Å². The quantitative estimate of drug-likeness (QED) is 0.392. The van der Waals surface area contributed by atoms with Crippen molar-refractivity contribution in [3.63, 3.8) is 0 Å². The average molecular weight is 412 g/mol. The molecule has 2 aliphatic heterocycles. The highest BCUT2D eigenvalue weighted by atomic mass is 127. The topological polar surface area (TPSA) is 49.0 Å². The van der Waals surface area contributed by atoms with Crippen molar-refractivity contribution >= 4 is 5.97 Å². The molecule has 2 fully saturated rings. The second-order valence-corrected chi connectivity index (χ2v) is 5.11. The third kappa shape index (κ3) is 12.9. The molecule has 0 saturated carbocycles. The van der Waals surface area contributed by atoms with Gasteiger partial charge in [0.25, 0.3) is 0 Å². The van der Waals surface area contributed by atoms with Crippen LogP contribution in [0.15, 0.2) is 0 Å². The molecule has 2 N–H and O–H groups in total. The van der Waals surface area contributed by atoms with Gasteiger partial charge >= 0.3 is 6.18 Å². The summed E-state index contributed by atoms with van der Waals surface area (Å²) in [4.78, 5) is 12.2. The molecule has 2 saturated heterocycles. The molecule has 0 radical (unpaired) electrons. The molecule has 2 rings (SSSR count). The lowest BCUT2D eigenvalue weighted by Crippen LogP contribution is -3.06. The number of halogens is 4. The first-order valence-corrected chi connectivity index (χ1v) is 6.64. The van der Waals surface area contributed by atoms with E-state index in [1.54, 1.807) is 9.80 Å². The van der Waals surface area contributed by atoms with Crippen molar-refractivity contribution in [2.75, 3.05) is 40.3 Å². The minimum Gasteiger partial charge on any atom is -1.00 e. The summed E-state index contributed by atoms with van der Waals surface area (Å²) < 4.78 is 31.5. The zero-order valence-corrected chi connectivity index (χ0v) is 14.1. The number of carbonyl (C=O) groups is 1. The van der Waals surface area contributed by atoms with E-state index in [-0.39, 0.29) is 24.0 Å². The van der Waals surface area contributed by atoms with Crippen LogP contribution in [-0.2, 0) is 4.79 Å². The van der Waals surface area contributed by atoms with Gasteiger partial charge in [-0.2, -0.15) is 13.2 Å². The van der Waals surface area contributed by atoms with Gasteiger partial charge in [-0.1, -0.05) is 0 Å². The van der Waals surface area contributed by atoms with Gasteiger partial charge in [-0.15, -0.1) is 0 Å². The molecule has 0 aromatic carbocycles. The molecule has 0 aliphatic carbocycles. The van der Waals surface area contributed by atoms with Crippen LogP contribution in [0.2, 0.25) is 0 Å². The molecule has 2 aliphatic rings. The first-order chi connectivity index (χ1) is 8.73. The van der Waals surface area contributed by atoms with Crippen molar-refractivity contribution in [3.8, 4) is 0 Å². The van der Waals surface area contributed by atoms with Gasteiger partial charge in [0.15, 0.2) is 0 Å². The Hall–Kier alpha value is -0.0900. The van der Waals surface area contributed by atoms with E-state index < -0.39 is 12.1 Å². The molecule has 0 aromatic heterocycles. The van der Waals surface area contributed by atoms with Crippen LogP contribution in [0, 0.1) is 0 Å². The maximum atomic E-state index is 10.5. The highest BCUT2D eigenvalue weighted by molar-refractivity contribution is 5.70. The molecular formula is C12H24F3IN2O2. The molecule has 122 valence electrons. The number of carboxylic acids is 1. The highest BCUT2D eigenvalue weighted by Gasteiger charge is 2.28. The molecule has 0 amide bonds. The average Bonchev–Trinajstić information content (AvgIpc) is 2.92. The number of hydrogen-bond donors (Lipinski definition) is 2. The number of quaternary nitrogens is 2. The molecule has 0 bridgehead atoms. The van der Waals surface area contributed by atoms with Crippen LogP contribution in [0.25, 0.3) is 0 Å². The van der Waals surface area contributed by atoms with Crippen molar-refractivity contribution in [1.82, 2.24) is 0 Å². The fraction of sp³-hybridized carbons (Fsp3) is 0.917. The van der Waals surface area contributed by atoms with E-state index in [1.807, 2.05) is 0 Å². The fourth-order valence-corrected chi connectivity index (χ4v) is 1.96. The van der Waals surface area contributed by atoms with E-state index in [2.05, 4.69) is 14.1 Å². The summed E-state index contributed by atoms with van der Waals surface area (Å²) >= 11 is 0. The van der Waals surface area contributed by atoms with Gasteiger partial charge < -0.3 is 43.7 Å². The normalized spacial score (nSPS) is 19.2. The number of nitrogens with one attached hydrogen (secondary N) is 2. The highest BCUT2D eigenvalue weighted by Crippen LogP contribution is 2.11. The SMILES string of the molecule is C[NH+]1CCCC1.C[NH+]1CCCC1.O=C([O-])C(F)(F)F.[I-]. The molecule has 4 nitrogen and oxygen atoms in total. The van der Waals surface area contributed by atoms with Crippen molar-refractivity contribution in [2.45, 2.75) is 31.9 Å². The molecule has 8 heteroatoms. The van der Waals surface area contributed by atoms with Crippen LogP contribution in [0.1, 0.15) is 25.7 Å². The summed E-state index contributed by atoms with van der Waals surface area (Å²) in [5, 5.41) is 8.78. The Morgan fingerprint density at radius 3 is 1.15 bits per heavy atom. The van der Waals surface area contributed by atoms with Gasteiger partial charge in [-0.3, -0.25) is 0 Å². The van der Waals surface area contributed by atoms with Crippen molar-refractivity contribution in [3.05, 3.63) is 0 Å². The largest absolute Gasteiger partial charge is 1.00 e. The molecular weight excluding hydrogens is 388 g/mol. The summed E-state index contributed by atoms with van der Waals surface area (Å²) in [6.07, 6.45) is 0.606. The van der Waals surface area contributed by atoms with Crippen molar-refractivity contribution in [1.29, 1.82) is 0 Å². The molecule has 0 spiro atoms. The first-order valence-electron chi connectivity index (χ1n) is 6.64. The number of aliphatic carboxylic acids is 1. The monoisotopic (exact) mass is 412 g/mol. The Labute approximate surface area is 135 Å². The summed E-state index contributed by atoms with van der Waals surface area (Å²) in [7, 11) is 4.51. The zero-order valence-electron chi connectivity index (χ0n) is 12.0. The molecule has 0 aromatic rings. The predicted octanol–water partition coefficient (Wildman–Crippen LogP) is -5.11. The minimum atomic E-state index is -5.19. The molecule has 2 heterocycles.